The zero-order valence-electron chi connectivity index (χ0n) is 26.7. The number of piperidine rings is 1. The van der Waals surface area contributed by atoms with Crippen molar-refractivity contribution >= 4 is 34.1 Å². The van der Waals surface area contributed by atoms with Crippen LogP contribution in [0.3, 0.4) is 0 Å². The summed E-state index contributed by atoms with van der Waals surface area (Å²) in [4.78, 5) is 32.0. The van der Waals surface area contributed by atoms with Crippen molar-refractivity contribution in [1.29, 1.82) is 0 Å². The zero-order chi connectivity index (χ0) is 31.9. The third-order valence-corrected chi connectivity index (χ3v) is 8.33. The second kappa shape index (κ2) is 18.3. The maximum absolute atomic E-state index is 12.9. The van der Waals surface area contributed by atoms with E-state index in [0.29, 0.717) is 47.0 Å². The summed E-state index contributed by atoms with van der Waals surface area (Å²) < 4.78 is 17.9. The Hall–Kier alpha value is -3.67. The largest absolute Gasteiger partial charge is 0.490 e. The summed E-state index contributed by atoms with van der Waals surface area (Å²) in [6.45, 7) is 11.1. The molecule has 2 aromatic carbocycles. The van der Waals surface area contributed by atoms with Crippen molar-refractivity contribution in [3.05, 3.63) is 59.8 Å². The molecular weight excluding hydrogens is 590 g/mol. The van der Waals surface area contributed by atoms with Crippen LogP contribution in [0, 0.1) is 0 Å². The van der Waals surface area contributed by atoms with Gasteiger partial charge in [0, 0.05) is 43.1 Å². The fourth-order valence-corrected chi connectivity index (χ4v) is 5.66. The minimum atomic E-state index is -0.257. The third-order valence-electron chi connectivity index (χ3n) is 7.54. The van der Waals surface area contributed by atoms with Crippen LogP contribution in [0.15, 0.2) is 48.7 Å². The molecule has 1 saturated heterocycles. The highest BCUT2D eigenvalue weighted by molar-refractivity contribution is 7.17. The van der Waals surface area contributed by atoms with Crippen molar-refractivity contribution in [1.82, 2.24) is 15.2 Å². The van der Waals surface area contributed by atoms with Gasteiger partial charge < -0.3 is 29.7 Å². The maximum Gasteiger partial charge on any atom is 0.319 e. The number of carbonyl (C=O) groups excluding carboxylic acids is 2. The summed E-state index contributed by atoms with van der Waals surface area (Å²) in [7, 11) is 0. The number of ether oxygens (including phenoxy) is 3. The molecule has 1 aliphatic rings. The van der Waals surface area contributed by atoms with Crippen molar-refractivity contribution in [3.63, 3.8) is 0 Å². The molecule has 10 nitrogen and oxygen atoms in total. The van der Waals surface area contributed by atoms with Gasteiger partial charge in [-0.3, -0.25) is 10.1 Å². The fourth-order valence-electron chi connectivity index (χ4n) is 4.99. The van der Waals surface area contributed by atoms with Crippen molar-refractivity contribution in [2.75, 3.05) is 43.4 Å². The molecule has 0 atom stereocenters. The number of likely N-dealkylation sites (tertiary alicyclic amines) is 1. The Labute approximate surface area is 270 Å². The quantitative estimate of drug-likeness (QED) is 0.130. The molecule has 2 heterocycles. The molecule has 0 bridgehead atoms. The fraction of sp³-hybridized carbons (Fsp3) is 0.500. The predicted molar refractivity (Wildman–Crippen MR) is 180 cm³/mol. The molecular formula is C34H47N5O5S. The van der Waals surface area contributed by atoms with E-state index in [2.05, 4.69) is 39.7 Å². The number of urea groups is 1. The molecule has 3 aromatic rings. The molecule has 1 aliphatic heterocycles. The Morgan fingerprint density at radius 3 is 2.49 bits per heavy atom. The van der Waals surface area contributed by atoms with E-state index in [-0.39, 0.29) is 18.0 Å². The number of thiazole rings is 1. The van der Waals surface area contributed by atoms with Crippen LogP contribution in [0.5, 0.6) is 16.6 Å². The van der Waals surface area contributed by atoms with E-state index in [1.807, 2.05) is 25.1 Å². The monoisotopic (exact) mass is 637 g/mol. The molecule has 0 radical (unpaired) electrons. The Morgan fingerprint density at radius 1 is 0.978 bits per heavy atom. The zero-order valence-corrected chi connectivity index (χ0v) is 27.5. The Kier molecular flexibility index (Phi) is 13.9. The van der Waals surface area contributed by atoms with Crippen molar-refractivity contribution in [2.24, 2.45) is 0 Å². The normalized spacial score (nSPS) is 13.8. The van der Waals surface area contributed by atoms with E-state index in [1.165, 1.54) is 30.7 Å². The first-order valence-corrected chi connectivity index (χ1v) is 17.0. The summed E-state index contributed by atoms with van der Waals surface area (Å²) in [5.41, 5.74) is 1.95. The average Bonchev–Trinajstić information content (AvgIpc) is 3.49. The van der Waals surface area contributed by atoms with E-state index >= 15 is 0 Å². The van der Waals surface area contributed by atoms with Crippen molar-refractivity contribution < 1.29 is 23.8 Å². The number of nitrogens with zero attached hydrogens (tertiary/aromatic N) is 2. The third kappa shape index (κ3) is 11.3. The number of anilines is 2. The van der Waals surface area contributed by atoms with Gasteiger partial charge in [0.1, 0.15) is 17.6 Å². The van der Waals surface area contributed by atoms with Crippen molar-refractivity contribution in [3.8, 4) is 16.6 Å². The molecule has 0 spiro atoms. The highest BCUT2D eigenvalue weighted by atomic mass is 32.1. The topological polar surface area (TPSA) is 114 Å². The number of carbonyl (C=O) groups is 2. The lowest BCUT2D eigenvalue weighted by atomic mass is 10.1. The molecule has 4 rings (SSSR count). The number of hydrogen-bond acceptors (Lipinski definition) is 8. The molecule has 0 saturated carbocycles. The van der Waals surface area contributed by atoms with Crippen LogP contribution in [0.4, 0.5) is 15.6 Å². The number of rotatable bonds is 17. The van der Waals surface area contributed by atoms with Crippen LogP contribution < -0.4 is 25.4 Å². The van der Waals surface area contributed by atoms with Gasteiger partial charge >= 0.3 is 6.03 Å². The van der Waals surface area contributed by atoms with Crippen LogP contribution in [-0.2, 0) is 11.3 Å². The number of amides is 3. The molecule has 0 aliphatic carbocycles. The second-order valence-electron chi connectivity index (χ2n) is 11.1. The van der Waals surface area contributed by atoms with Crippen LogP contribution in [-0.4, -0.2) is 60.7 Å². The number of aromatic nitrogens is 1. The van der Waals surface area contributed by atoms with Gasteiger partial charge in [-0.25, -0.2) is 9.78 Å². The SMILES string of the molecule is CCCCCNC(=O)Nc1ccc(Oc2cnc(NC(=O)c3ccc(OC4CCN(CCCC)CC4)cc3)s2)c(COCC)c1. The van der Waals surface area contributed by atoms with Gasteiger partial charge in [0.05, 0.1) is 12.8 Å². The Morgan fingerprint density at radius 2 is 1.76 bits per heavy atom. The Bertz CT molecular complexity index is 1340. The Balaban J connectivity index is 1.29. The van der Waals surface area contributed by atoms with Gasteiger partial charge in [-0.05, 0) is 81.6 Å². The minimum Gasteiger partial charge on any atom is -0.490 e. The van der Waals surface area contributed by atoms with E-state index < -0.39 is 0 Å². The van der Waals surface area contributed by atoms with Gasteiger partial charge in [0.2, 0.25) is 5.06 Å². The molecule has 45 heavy (non-hydrogen) atoms. The predicted octanol–water partition coefficient (Wildman–Crippen LogP) is 7.68. The summed E-state index contributed by atoms with van der Waals surface area (Å²) in [5.74, 6) is 1.10. The summed E-state index contributed by atoms with van der Waals surface area (Å²) in [5, 5.41) is 9.54. The van der Waals surface area contributed by atoms with Crippen LogP contribution >= 0.6 is 11.3 Å². The van der Waals surface area contributed by atoms with E-state index in [4.69, 9.17) is 14.2 Å². The van der Waals surface area contributed by atoms with E-state index in [9.17, 15) is 9.59 Å². The van der Waals surface area contributed by atoms with Gasteiger partial charge in [-0.15, -0.1) is 0 Å². The molecule has 244 valence electrons. The first-order valence-electron chi connectivity index (χ1n) is 16.2. The highest BCUT2D eigenvalue weighted by Crippen LogP contribution is 2.34. The van der Waals surface area contributed by atoms with Crippen LogP contribution in [0.25, 0.3) is 0 Å². The average molecular weight is 638 g/mol. The highest BCUT2D eigenvalue weighted by Gasteiger charge is 2.20. The lowest BCUT2D eigenvalue weighted by molar-refractivity contribution is 0.0996. The first kappa shape index (κ1) is 34.2. The molecule has 0 unspecified atom stereocenters. The number of hydrogen-bond donors (Lipinski definition) is 3. The molecule has 3 amide bonds. The minimum absolute atomic E-state index is 0.206. The number of unbranched alkanes of at least 4 members (excludes halogenated alkanes) is 3. The molecule has 1 fully saturated rings. The van der Waals surface area contributed by atoms with Gasteiger partial charge in [0.25, 0.3) is 5.91 Å². The maximum atomic E-state index is 12.9. The molecule has 1 aromatic heterocycles. The first-order chi connectivity index (χ1) is 22.0. The molecule has 3 N–H and O–H groups in total. The van der Waals surface area contributed by atoms with E-state index in [0.717, 1.165) is 56.5 Å². The van der Waals surface area contributed by atoms with Crippen LogP contribution in [0.1, 0.15) is 81.6 Å². The standard InChI is InChI=1S/C34H47N5O5S/c1-4-7-9-18-35-33(41)37-27-12-15-30(26(22-27)24-42-6-3)44-31-23-36-34(45-31)38-32(40)25-10-13-28(14-11-25)43-29-16-20-39(21-17-29)19-8-5-2/h10-15,22-23,29H,4-9,16-21,24H2,1-3H3,(H2,35,37,41)(H,36,38,40). The lowest BCUT2D eigenvalue weighted by Gasteiger charge is -2.32. The second-order valence-corrected chi connectivity index (χ2v) is 12.1. The lowest BCUT2D eigenvalue weighted by Crippen LogP contribution is -2.38. The van der Waals surface area contributed by atoms with E-state index in [1.54, 1.807) is 30.5 Å². The smallest absolute Gasteiger partial charge is 0.319 e. The number of nitrogens with one attached hydrogen (secondary N) is 3. The summed E-state index contributed by atoms with van der Waals surface area (Å²) in [6.07, 6.45) is 9.41. The molecule has 11 heteroatoms. The van der Waals surface area contributed by atoms with Crippen LogP contribution in [0.2, 0.25) is 0 Å². The van der Waals surface area contributed by atoms with Gasteiger partial charge in [-0.1, -0.05) is 44.4 Å². The van der Waals surface area contributed by atoms with Crippen molar-refractivity contribution in [2.45, 2.75) is 78.4 Å². The summed E-state index contributed by atoms with van der Waals surface area (Å²) in [6, 6.07) is 12.4. The summed E-state index contributed by atoms with van der Waals surface area (Å²) >= 11 is 1.23. The van der Waals surface area contributed by atoms with Gasteiger partial charge in [-0.2, -0.15) is 0 Å². The van der Waals surface area contributed by atoms with Gasteiger partial charge in [0.15, 0.2) is 5.13 Å². The number of benzene rings is 2.